The van der Waals surface area contributed by atoms with Crippen LogP contribution in [0.1, 0.15) is 24.0 Å². The first kappa shape index (κ1) is 10.8. The first-order chi connectivity index (χ1) is 8.28. The van der Waals surface area contributed by atoms with E-state index in [9.17, 15) is 0 Å². The number of hydrogen-bond donors (Lipinski definition) is 1. The molecule has 1 aromatic rings. The molecule has 86 valence electrons. The molecule has 1 aliphatic carbocycles. The van der Waals surface area contributed by atoms with E-state index >= 15 is 0 Å². The molecule has 2 heterocycles. The Morgan fingerprint density at radius 1 is 1.53 bits per heavy atom. The summed E-state index contributed by atoms with van der Waals surface area (Å²) in [5.41, 5.74) is 2.77. The third-order valence-electron chi connectivity index (χ3n) is 3.59. The van der Waals surface area contributed by atoms with E-state index in [1.54, 1.807) is 6.20 Å². The zero-order valence-electron chi connectivity index (χ0n) is 9.28. The highest BCUT2D eigenvalue weighted by Crippen LogP contribution is 2.36. The van der Waals surface area contributed by atoms with Gasteiger partial charge < -0.3 is 5.32 Å². The largest absolute Gasteiger partial charge is 0.313 e. The maximum atomic E-state index is 8.94. The minimum absolute atomic E-state index is 0.285. The molecule has 2 aliphatic rings. The van der Waals surface area contributed by atoms with Crippen LogP contribution < -0.4 is 5.32 Å². The van der Waals surface area contributed by atoms with Crippen LogP contribution in [0, 0.1) is 17.2 Å². The van der Waals surface area contributed by atoms with Crippen molar-refractivity contribution in [3.8, 4) is 6.07 Å². The van der Waals surface area contributed by atoms with Crippen molar-refractivity contribution < 1.29 is 0 Å². The van der Waals surface area contributed by atoms with Gasteiger partial charge in [-0.2, -0.15) is 5.26 Å². The van der Waals surface area contributed by atoms with Gasteiger partial charge in [0.15, 0.2) is 0 Å². The second-order valence-electron chi connectivity index (χ2n) is 4.58. The van der Waals surface area contributed by atoms with Gasteiger partial charge in [0.25, 0.3) is 0 Å². The molecule has 1 aliphatic heterocycles. The zero-order chi connectivity index (χ0) is 11.8. The summed E-state index contributed by atoms with van der Waals surface area (Å²) in [7, 11) is 0. The van der Waals surface area contributed by atoms with Crippen LogP contribution in [0.3, 0.4) is 0 Å². The average molecular weight is 246 g/mol. The maximum Gasteiger partial charge on any atom is 0.146 e. The number of nitrogens with zero attached hydrogens (tertiary/aromatic N) is 2. The highest BCUT2D eigenvalue weighted by molar-refractivity contribution is 6.30. The Balaban J connectivity index is 1.93. The lowest BCUT2D eigenvalue weighted by atomic mass is 10.0. The van der Waals surface area contributed by atoms with Crippen LogP contribution >= 0.6 is 11.6 Å². The van der Waals surface area contributed by atoms with E-state index in [1.807, 2.05) is 6.07 Å². The topological polar surface area (TPSA) is 48.7 Å². The molecule has 0 spiro atoms. The van der Waals surface area contributed by atoms with E-state index in [0.29, 0.717) is 17.5 Å². The van der Waals surface area contributed by atoms with E-state index in [-0.39, 0.29) is 5.15 Å². The molecule has 3 nitrogen and oxygen atoms in total. The normalized spacial score (nSPS) is 26.5. The van der Waals surface area contributed by atoms with Gasteiger partial charge in [0.05, 0.1) is 5.56 Å². The molecule has 1 N–H and O–H groups in total. The molecule has 0 radical (unpaired) electrons. The molecule has 0 aromatic carbocycles. The van der Waals surface area contributed by atoms with Gasteiger partial charge in [-0.25, -0.2) is 4.98 Å². The van der Waals surface area contributed by atoms with E-state index in [1.165, 1.54) is 12.0 Å². The molecular formula is C13H12ClN3. The van der Waals surface area contributed by atoms with Crippen LogP contribution in [0.15, 0.2) is 18.3 Å². The smallest absolute Gasteiger partial charge is 0.146 e. The number of pyridine rings is 1. The SMILES string of the molecule is N#Cc1cc(C2=CC3CCNC3C2)cnc1Cl. The summed E-state index contributed by atoms with van der Waals surface area (Å²) in [6, 6.07) is 4.48. The number of aromatic nitrogens is 1. The third kappa shape index (κ3) is 1.84. The van der Waals surface area contributed by atoms with Crippen LogP contribution in [0.25, 0.3) is 5.57 Å². The lowest BCUT2D eigenvalue weighted by Crippen LogP contribution is -2.22. The van der Waals surface area contributed by atoms with Crippen molar-refractivity contribution in [2.45, 2.75) is 18.9 Å². The van der Waals surface area contributed by atoms with Crippen molar-refractivity contribution in [1.29, 1.82) is 5.26 Å². The highest BCUT2D eigenvalue weighted by atomic mass is 35.5. The predicted octanol–water partition coefficient (Wildman–Crippen LogP) is 2.37. The van der Waals surface area contributed by atoms with Crippen LogP contribution in [0.5, 0.6) is 0 Å². The predicted molar refractivity (Wildman–Crippen MR) is 66.5 cm³/mol. The summed E-state index contributed by atoms with van der Waals surface area (Å²) >= 11 is 5.83. The van der Waals surface area contributed by atoms with Gasteiger partial charge in [-0.05, 0) is 42.5 Å². The molecule has 1 fully saturated rings. The molecule has 2 atom stereocenters. The Kier molecular flexibility index (Phi) is 2.62. The van der Waals surface area contributed by atoms with Crippen molar-refractivity contribution >= 4 is 17.2 Å². The number of halogens is 1. The summed E-state index contributed by atoms with van der Waals surface area (Å²) in [5.74, 6) is 0.645. The molecule has 0 saturated carbocycles. The van der Waals surface area contributed by atoms with Gasteiger partial charge >= 0.3 is 0 Å². The lowest BCUT2D eigenvalue weighted by molar-refractivity contribution is 0.563. The molecule has 0 bridgehead atoms. The summed E-state index contributed by atoms with van der Waals surface area (Å²) in [6.45, 7) is 1.11. The van der Waals surface area contributed by atoms with Crippen LogP contribution in [0.4, 0.5) is 0 Å². The van der Waals surface area contributed by atoms with Crippen molar-refractivity contribution in [2.75, 3.05) is 6.54 Å². The molecule has 17 heavy (non-hydrogen) atoms. The molecule has 4 heteroatoms. The van der Waals surface area contributed by atoms with Crippen molar-refractivity contribution in [1.82, 2.24) is 10.3 Å². The lowest BCUT2D eigenvalue weighted by Gasteiger charge is -2.08. The van der Waals surface area contributed by atoms with E-state index in [4.69, 9.17) is 16.9 Å². The summed E-state index contributed by atoms with van der Waals surface area (Å²) in [6.07, 6.45) is 6.31. The first-order valence-corrected chi connectivity index (χ1v) is 6.16. The fourth-order valence-corrected chi connectivity index (χ4v) is 2.84. The van der Waals surface area contributed by atoms with Gasteiger partial charge in [-0.1, -0.05) is 17.7 Å². The first-order valence-electron chi connectivity index (χ1n) is 5.78. The fourth-order valence-electron chi connectivity index (χ4n) is 2.69. The Bertz CT molecular complexity index is 530. The van der Waals surface area contributed by atoms with E-state index in [2.05, 4.69) is 22.4 Å². The summed E-state index contributed by atoms with van der Waals surface area (Å²) < 4.78 is 0. The van der Waals surface area contributed by atoms with Crippen molar-refractivity contribution in [3.05, 3.63) is 34.6 Å². The van der Waals surface area contributed by atoms with Crippen LogP contribution in [-0.2, 0) is 0 Å². The highest BCUT2D eigenvalue weighted by Gasteiger charge is 2.31. The number of fused-ring (bicyclic) bond motifs is 1. The van der Waals surface area contributed by atoms with Crippen molar-refractivity contribution in [3.63, 3.8) is 0 Å². The van der Waals surface area contributed by atoms with Gasteiger partial charge in [0.1, 0.15) is 11.2 Å². The Hall–Kier alpha value is -1.37. The fraction of sp³-hybridized carbons (Fsp3) is 0.385. The number of rotatable bonds is 1. The monoisotopic (exact) mass is 245 g/mol. The number of nitriles is 1. The van der Waals surface area contributed by atoms with E-state index in [0.717, 1.165) is 18.5 Å². The van der Waals surface area contributed by atoms with Gasteiger partial charge in [-0.3, -0.25) is 0 Å². The average Bonchev–Trinajstić information content (AvgIpc) is 2.90. The second kappa shape index (κ2) is 4.14. The zero-order valence-corrected chi connectivity index (χ0v) is 10.0. The van der Waals surface area contributed by atoms with Crippen LogP contribution in [-0.4, -0.2) is 17.6 Å². The minimum Gasteiger partial charge on any atom is -0.313 e. The molecule has 1 aromatic heterocycles. The second-order valence-corrected chi connectivity index (χ2v) is 4.94. The Morgan fingerprint density at radius 2 is 2.41 bits per heavy atom. The quantitative estimate of drug-likeness (QED) is 0.773. The number of hydrogen-bond acceptors (Lipinski definition) is 3. The Morgan fingerprint density at radius 3 is 3.18 bits per heavy atom. The van der Waals surface area contributed by atoms with Gasteiger partial charge in [-0.15, -0.1) is 0 Å². The molecule has 0 amide bonds. The van der Waals surface area contributed by atoms with Gasteiger partial charge in [0.2, 0.25) is 0 Å². The third-order valence-corrected chi connectivity index (χ3v) is 3.89. The summed E-state index contributed by atoms with van der Waals surface area (Å²) in [5, 5.41) is 12.7. The van der Waals surface area contributed by atoms with Crippen molar-refractivity contribution in [2.24, 2.45) is 5.92 Å². The Labute approximate surface area is 105 Å². The van der Waals surface area contributed by atoms with Gasteiger partial charge in [0, 0.05) is 12.2 Å². The molecular weight excluding hydrogens is 234 g/mol. The minimum atomic E-state index is 0.285. The molecule has 1 saturated heterocycles. The van der Waals surface area contributed by atoms with Crippen LogP contribution in [0.2, 0.25) is 5.15 Å². The molecule has 2 unspecified atom stereocenters. The standard InChI is InChI=1S/C13H12ClN3/c14-13-10(6-15)4-11(7-17-13)9-3-8-1-2-16-12(8)5-9/h3-4,7-8,12,16H,1-2,5H2. The molecule has 3 rings (SSSR count). The van der Waals surface area contributed by atoms with E-state index < -0.39 is 0 Å². The maximum absolute atomic E-state index is 8.94. The number of nitrogens with one attached hydrogen (secondary N) is 1. The summed E-state index contributed by atoms with van der Waals surface area (Å²) in [4.78, 5) is 4.07.